The second kappa shape index (κ2) is 12.5. The highest BCUT2D eigenvalue weighted by molar-refractivity contribution is 7.13. The predicted octanol–water partition coefficient (Wildman–Crippen LogP) is 5.54. The van der Waals surface area contributed by atoms with Crippen LogP contribution in [0.5, 0.6) is 5.88 Å². The molecule has 0 atom stereocenters. The van der Waals surface area contributed by atoms with Crippen molar-refractivity contribution in [1.29, 1.82) is 0 Å². The standard InChI is InChI=1S/C22H25N3O3S.C4H9NO/c1-14-17(22(26)27)10-19(25(14)12-15-6-4-3-5-7-15)18-13-29-21(24-18)16-8-9-20(28-2)23-11-16;1-2-3-4(5)6/h8-11,13,15H,3-7,12H2,1-2H3,(H,26,27);2-3H2,1H3,(H2,5,6). The van der Waals surface area contributed by atoms with Crippen molar-refractivity contribution in [3.05, 3.63) is 41.0 Å². The maximum Gasteiger partial charge on any atom is 0.337 e. The first-order valence-corrected chi connectivity index (χ1v) is 12.9. The smallest absolute Gasteiger partial charge is 0.337 e. The van der Waals surface area contributed by atoms with Gasteiger partial charge in [-0.3, -0.25) is 4.79 Å². The third kappa shape index (κ3) is 6.91. The highest BCUT2D eigenvalue weighted by Crippen LogP contribution is 2.34. The van der Waals surface area contributed by atoms with Crippen LogP contribution in [0.3, 0.4) is 0 Å². The van der Waals surface area contributed by atoms with Crippen LogP contribution in [-0.2, 0) is 11.3 Å². The lowest BCUT2D eigenvalue weighted by Crippen LogP contribution is -2.16. The Bertz CT molecular complexity index is 1130. The van der Waals surface area contributed by atoms with E-state index >= 15 is 0 Å². The molecule has 9 heteroatoms. The van der Waals surface area contributed by atoms with Gasteiger partial charge in [0.15, 0.2) is 0 Å². The van der Waals surface area contributed by atoms with Crippen LogP contribution in [0.1, 0.15) is 67.9 Å². The number of aromatic carboxylic acids is 1. The van der Waals surface area contributed by atoms with E-state index in [0.29, 0.717) is 23.8 Å². The summed E-state index contributed by atoms with van der Waals surface area (Å²) in [6.45, 7) is 4.67. The number of hydrogen-bond donors (Lipinski definition) is 2. The van der Waals surface area contributed by atoms with Gasteiger partial charge >= 0.3 is 5.97 Å². The highest BCUT2D eigenvalue weighted by Gasteiger charge is 2.23. The minimum Gasteiger partial charge on any atom is -0.481 e. The molecular weight excluding hydrogens is 464 g/mol. The first kappa shape index (κ1) is 26.4. The van der Waals surface area contributed by atoms with Gasteiger partial charge in [-0.15, -0.1) is 11.3 Å². The zero-order valence-corrected chi connectivity index (χ0v) is 21.4. The summed E-state index contributed by atoms with van der Waals surface area (Å²) in [5.74, 6) is 0.0613. The van der Waals surface area contributed by atoms with Crippen molar-refractivity contribution in [2.45, 2.75) is 65.3 Å². The Kier molecular flexibility index (Phi) is 9.42. The number of carboxylic acids is 1. The van der Waals surface area contributed by atoms with Gasteiger partial charge in [-0.25, -0.2) is 14.8 Å². The highest BCUT2D eigenvalue weighted by atomic mass is 32.1. The molecule has 0 aliphatic heterocycles. The number of carboxylic acid groups (broad SMARTS) is 1. The number of primary amides is 1. The van der Waals surface area contributed by atoms with Crippen LogP contribution in [0.25, 0.3) is 22.0 Å². The number of pyridine rings is 1. The fourth-order valence-corrected chi connectivity index (χ4v) is 5.14. The molecule has 1 aliphatic rings. The van der Waals surface area contributed by atoms with E-state index in [2.05, 4.69) is 9.55 Å². The zero-order chi connectivity index (χ0) is 25.4. The van der Waals surface area contributed by atoms with Gasteiger partial charge in [0.1, 0.15) is 5.01 Å². The molecule has 1 fully saturated rings. The molecule has 3 N–H and O–H groups in total. The lowest BCUT2D eigenvalue weighted by Gasteiger charge is -2.24. The molecule has 1 amide bonds. The topological polar surface area (TPSA) is 120 Å². The van der Waals surface area contributed by atoms with Crippen LogP contribution in [0.4, 0.5) is 0 Å². The number of aromatic nitrogens is 3. The van der Waals surface area contributed by atoms with Gasteiger partial charge in [0.2, 0.25) is 11.8 Å². The molecule has 0 bridgehead atoms. The number of rotatable bonds is 8. The molecule has 0 radical (unpaired) electrons. The summed E-state index contributed by atoms with van der Waals surface area (Å²) in [7, 11) is 1.59. The van der Waals surface area contributed by atoms with Crippen molar-refractivity contribution < 1.29 is 19.4 Å². The summed E-state index contributed by atoms with van der Waals surface area (Å²) in [5, 5.41) is 12.5. The minimum atomic E-state index is -0.888. The molecule has 3 heterocycles. The third-order valence-corrected chi connectivity index (χ3v) is 7.11. The number of nitrogens with zero attached hydrogens (tertiary/aromatic N) is 3. The van der Waals surface area contributed by atoms with Gasteiger partial charge in [-0.2, -0.15) is 0 Å². The summed E-state index contributed by atoms with van der Waals surface area (Å²) in [4.78, 5) is 30.6. The lowest BCUT2D eigenvalue weighted by atomic mass is 9.89. The second-order valence-corrected chi connectivity index (χ2v) is 9.65. The fraction of sp³-hybridized carbons (Fsp3) is 0.462. The van der Waals surface area contributed by atoms with Crippen LogP contribution in [0.15, 0.2) is 29.8 Å². The van der Waals surface area contributed by atoms with Gasteiger partial charge in [0.05, 0.1) is 24.1 Å². The molecule has 0 aromatic carbocycles. The Morgan fingerprint density at radius 3 is 2.54 bits per heavy atom. The zero-order valence-electron chi connectivity index (χ0n) is 20.6. The number of nitrogens with two attached hydrogens (primary N) is 1. The quantitative estimate of drug-likeness (QED) is 0.421. The van der Waals surface area contributed by atoms with Crippen molar-refractivity contribution in [1.82, 2.24) is 14.5 Å². The van der Waals surface area contributed by atoms with E-state index in [9.17, 15) is 14.7 Å². The Balaban J connectivity index is 0.000000509. The van der Waals surface area contributed by atoms with E-state index in [0.717, 1.165) is 40.6 Å². The predicted molar refractivity (Wildman–Crippen MR) is 138 cm³/mol. The van der Waals surface area contributed by atoms with Crippen molar-refractivity contribution in [2.24, 2.45) is 11.7 Å². The molecule has 0 spiro atoms. The van der Waals surface area contributed by atoms with Crippen LogP contribution in [0.2, 0.25) is 0 Å². The van der Waals surface area contributed by atoms with E-state index in [1.165, 1.54) is 43.4 Å². The van der Waals surface area contributed by atoms with Gasteiger partial charge in [0, 0.05) is 41.9 Å². The van der Waals surface area contributed by atoms with Crippen LogP contribution in [0, 0.1) is 12.8 Å². The van der Waals surface area contributed by atoms with Crippen molar-refractivity contribution >= 4 is 23.2 Å². The maximum absolute atomic E-state index is 11.7. The van der Waals surface area contributed by atoms with E-state index in [1.54, 1.807) is 19.4 Å². The van der Waals surface area contributed by atoms with Gasteiger partial charge in [0.25, 0.3) is 0 Å². The Hall–Kier alpha value is -3.20. The van der Waals surface area contributed by atoms with E-state index in [4.69, 9.17) is 15.5 Å². The van der Waals surface area contributed by atoms with Gasteiger partial charge in [-0.1, -0.05) is 26.2 Å². The van der Waals surface area contributed by atoms with Crippen LogP contribution < -0.4 is 10.5 Å². The Morgan fingerprint density at radius 1 is 1.26 bits per heavy atom. The number of amides is 1. The van der Waals surface area contributed by atoms with Gasteiger partial charge < -0.3 is 20.1 Å². The number of methoxy groups -OCH3 is 1. The molecular formula is C26H34N4O4S. The first-order valence-electron chi connectivity index (χ1n) is 12.0. The molecule has 3 aromatic rings. The van der Waals surface area contributed by atoms with E-state index in [-0.39, 0.29) is 5.91 Å². The number of carbonyl (C=O) groups excluding carboxylic acids is 1. The Morgan fingerprint density at radius 2 is 2.00 bits per heavy atom. The molecule has 0 unspecified atom stereocenters. The summed E-state index contributed by atoms with van der Waals surface area (Å²) in [6, 6.07) is 5.52. The van der Waals surface area contributed by atoms with Gasteiger partial charge in [-0.05, 0) is 44.2 Å². The number of ether oxygens (including phenoxy) is 1. The van der Waals surface area contributed by atoms with Crippen molar-refractivity contribution in [3.63, 3.8) is 0 Å². The van der Waals surface area contributed by atoms with Crippen molar-refractivity contribution in [2.75, 3.05) is 7.11 Å². The first-order chi connectivity index (χ1) is 16.8. The average molecular weight is 499 g/mol. The summed E-state index contributed by atoms with van der Waals surface area (Å²) in [6.07, 6.45) is 9.36. The largest absolute Gasteiger partial charge is 0.481 e. The Labute approximate surface area is 210 Å². The SMILES string of the molecule is CCCC(N)=O.COc1ccc(-c2nc(-c3cc(C(=O)O)c(C)n3CC3CCCCC3)cs2)cn1. The van der Waals surface area contributed by atoms with E-state index < -0.39 is 5.97 Å². The van der Waals surface area contributed by atoms with Crippen molar-refractivity contribution in [3.8, 4) is 27.8 Å². The molecule has 1 aliphatic carbocycles. The maximum atomic E-state index is 11.7. The summed E-state index contributed by atoms with van der Waals surface area (Å²) >= 11 is 1.54. The average Bonchev–Trinajstić information content (AvgIpc) is 3.46. The van der Waals surface area contributed by atoms with Crippen LogP contribution in [-0.4, -0.2) is 38.6 Å². The van der Waals surface area contributed by atoms with E-state index in [1.807, 2.05) is 31.4 Å². The number of thiazole rings is 1. The third-order valence-electron chi connectivity index (χ3n) is 6.22. The normalized spacial score (nSPS) is 13.7. The molecule has 3 aromatic heterocycles. The lowest BCUT2D eigenvalue weighted by molar-refractivity contribution is -0.118. The summed E-state index contributed by atoms with van der Waals surface area (Å²) in [5.41, 5.74) is 8.54. The minimum absolute atomic E-state index is 0.211. The molecule has 35 heavy (non-hydrogen) atoms. The number of carbonyl (C=O) groups is 2. The molecule has 1 saturated carbocycles. The van der Waals surface area contributed by atoms with Crippen LogP contribution >= 0.6 is 11.3 Å². The second-order valence-electron chi connectivity index (χ2n) is 8.79. The molecule has 0 saturated heterocycles. The summed E-state index contributed by atoms with van der Waals surface area (Å²) < 4.78 is 7.28. The molecule has 8 nitrogen and oxygen atoms in total. The molecule has 4 rings (SSSR count). The monoisotopic (exact) mass is 498 g/mol. The number of hydrogen-bond acceptors (Lipinski definition) is 6. The fourth-order valence-electron chi connectivity index (χ4n) is 4.33. The molecule has 188 valence electrons.